The quantitative estimate of drug-likeness (QED) is 0.604. The lowest BCUT2D eigenvalue weighted by Gasteiger charge is -2.14. The number of pyridine rings is 1. The molecule has 8 nitrogen and oxygen atoms in total. The van der Waals surface area contributed by atoms with Crippen LogP contribution in [0.5, 0.6) is 0 Å². The highest BCUT2D eigenvalue weighted by Crippen LogP contribution is 2.15. The van der Waals surface area contributed by atoms with Crippen molar-refractivity contribution in [1.29, 1.82) is 0 Å². The molecule has 2 N–H and O–H groups in total. The van der Waals surface area contributed by atoms with Gasteiger partial charge in [-0.3, -0.25) is 19.1 Å². The van der Waals surface area contributed by atoms with E-state index in [0.29, 0.717) is 5.56 Å². The number of hydrogen-bond donors (Lipinski definition) is 2. The summed E-state index contributed by atoms with van der Waals surface area (Å²) < 4.78 is 15.8. The van der Waals surface area contributed by atoms with Gasteiger partial charge >= 0.3 is 0 Å². The number of benzene rings is 1. The van der Waals surface area contributed by atoms with Crippen molar-refractivity contribution < 1.29 is 14.0 Å². The fourth-order valence-electron chi connectivity index (χ4n) is 3.28. The molecule has 1 atom stereocenters. The first-order valence-corrected chi connectivity index (χ1v) is 9.76. The van der Waals surface area contributed by atoms with Crippen LogP contribution in [-0.4, -0.2) is 26.2 Å². The van der Waals surface area contributed by atoms with Crippen LogP contribution in [0.3, 0.4) is 0 Å². The SMILES string of the molecule is Cc1nn(C)cc1C(C)NC(=O)Cn1cccc(C(=O)NCc2ccc(F)cc2)c1=O. The lowest BCUT2D eigenvalue weighted by Crippen LogP contribution is -2.37. The van der Waals surface area contributed by atoms with E-state index in [1.54, 1.807) is 23.9 Å². The molecule has 0 bridgehead atoms. The van der Waals surface area contributed by atoms with Gasteiger partial charge in [0.15, 0.2) is 0 Å². The molecule has 1 unspecified atom stereocenters. The van der Waals surface area contributed by atoms with Crippen LogP contribution in [0.4, 0.5) is 4.39 Å². The largest absolute Gasteiger partial charge is 0.348 e. The highest BCUT2D eigenvalue weighted by molar-refractivity contribution is 5.93. The molecule has 0 saturated heterocycles. The number of carbonyl (C=O) groups is 2. The maximum absolute atomic E-state index is 13.0. The second-order valence-corrected chi connectivity index (χ2v) is 7.30. The molecular weight excluding hydrogens is 401 g/mol. The lowest BCUT2D eigenvalue weighted by molar-refractivity contribution is -0.122. The number of aromatic nitrogens is 3. The fourth-order valence-corrected chi connectivity index (χ4v) is 3.28. The first kappa shape index (κ1) is 21.9. The number of carbonyl (C=O) groups excluding carboxylic acids is 2. The normalized spacial score (nSPS) is 11.7. The van der Waals surface area contributed by atoms with Gasteiger partial charge in [0.2, 0.25) is 5.91 Å². The van der Waals surface area contributed by atoms with Crippen LogP contribution >= 0.6 is 0 Å². The summed E-state index contributed by atoms with van der Waals surface area (Å²) in [5.41, 5.74) is 1.75. The Bertz CT molecular complexity index is 1150. The molecule has 2 heterocycles. The Labute approximate surface area is 178 Å². The van der Waals surface area contributed by atoms with Crippen molar-refractivity contribution in [1.82, 2.24) is 25.0 Å². The fraction of sp³-hybridized carbons (Fsp3) is 0.273. The van der Waals surface area contributed by atoms with E-state index in [4.69, 9.17) is 0 Å². The van der Waals surface area contributed by atoms with Crippen LogP contribution in [0.25, 0.3) is 0 Å². The molecule has 0 radical (unpaired) electrons. The Kier molecular flexibility index (Phi) is 6.64. The predicted octanol–water partition coefficient (Wildman–Crippen LogP) is 1.84. The highest BCUT2D eigenvalue weighted by atomic mass is 19.1. The zero-order chi connectivity index (χ0) is 22.5. The Morgan fingerprint density at radius 3 is 2.55 bits per heavy atom. The summed E-state index contributed by atoms with van der Waals surface area (Å²) in [6.45, 7) is 3.62. The van der Waals surface area contributed by atoms with Crippen molar-refractivity contribution in [3.63, 3.8) is 0 Å². The van der Waals surface area contributed by atoms with E-state index >= 15 is 0 Å². The molecule has 2 amide bonds. The molecule has 0 aliphatic rings. The van der Waals surface area contributed by atoms with Crippen LogP contribution in [-0.2, 0) is 24.9 Å². The lowest BCUT2D eigenvalue weighted by atomic mass is 10.1. The first-order valence-electron chi connectivity index (χ1n) is 9.76. The Hall–Kier alpha value is -3.75. The van der Waals surface area contributed by atoms with Crippen LogP contribution in [0.1, 0.15) is 40.1 Å². The molecule has 3 rings (SSSR count). The zero-order valence-corrected chi connectivity index (χ0v) is 17.6. The van der Waals surface area contributed by atoms with E-state index < -0.39 is 11.5 Å². The third-order valence-electron chi connectivity index (χ3n) is 4.84. The summed E-state index contributed by atoms with van der Waals surface area (Å²) in [4.78, 5) is 37.6. The number of amides is 2. The summed E-state index contributed by atoms with van der Waals surface area (Å²) >= 11 is 0. The van der Waals surface area contributed by atoms with Gasteiger partial charge in [-0.2, -0.15) is 5.10 Å². The molecule has 9 heteroatoms. The molecule has 3 aromatic rings. The van der Waals surface area contributed by atoms with Crippen molar-refractivity contribution in [2.24, 2.45) is 7.05 Å². The predicted molar refractivity (Wildman–Crippen MR) is 113 cm³/mol. The van der Waals surface area contributed by atoms with Crippen molar-refractivity contribution in [2.75, 3.05) is 0 Å². The van der Waals surface area contributed by atoms with Gasteiger partial charge in [-0.05, 0) is 43.7 Å². The third kappa shape index (κ3) is 5.44. The van der Waals surface area contributed by atoms with E-state index in [0.717, 1.165) is 11.3 Å². The molecule has 0 spiro atoms. The summed E-state index contributed by atoms with van der Waals surface area (Å²) in [6.07, 6.45) is 3.29. The van der Waals surface area contributed by atoms with Gasteiger partial charge in [-0.15, -0.1) is 0 Å². The zero-order valence-electron chi connectivity index (χ0n) is 17.6. The number of hydrogen-bond acceptors (Lipinski definition) is 4. The van der Waals surface area contributed by atoms with Gasteiger partial charge in [0, 0.05) is 31.5 Å². The van der Waals surface area contributed by atoms with Gasteiger partial charge in [0.25, 0.3) is 11.5 Å². The molecule has 31 heavy (non-hydrogen) atoms. The molecule has 1 aromatic carbocycles. The topological polar surface area (TPSA) is 98.0 Å². The molecule has 2 aromatic heterocycles. The van der Waals surface area contributed by atoms with Gasteiger partial charge in [0.1, 0.15) is 17.9 Å². The maximum atomic E-state index is 13.0. The van der Waals surface area contributed by atoms with E-state index in [-0.39, 0.29) is 36.4 Å². The van der Waals surface area contributed by atoms with Crippen molar-refractivity contribution >= 4 is 11.8 Å². The standard InChI is InChI=1S/C22H24FN5O3/c1-14(19-12-27(3)26-15(19)2)25-20(29)13-28-10-4-5-18(22(28)31)21(30)24-11-16-6-8-17(23)9-7-16/h4-10,12,14H,11,13H2,1-3H3,(H,24,30)(H,25,29). The number of halogens is 1. The van der Waals surface area contributed by atoms with E-state index in [2.05, 4.69) is 15.7 Å². The Balaban J connectivity index is 1.64. The van der Waals surface area contributed by atoms with Crippen molar-refractivity contribution in [3.05, 3.63) is 87.3 Å². The second kappa shape index (κ2) is 9.38. The second-order valence-electron chi connectivity index (χ2n) is 7.30. The van der Waals surface area contributed by atoms with E-state index in [9.17, 15) is 18.8 Å². The average molecular weight is 425 g/mol. The number of rotatable bonds is 7. The Morgan fingerprint density at radius 2 is 1.90 bits per heavy atom. The summed E-state index contributed by atoms with van der Waals surface area (Å²) in [5.74, 6) is -1.29. The minimum atomic E-state index is -0.570. The summed E-state index contributed by atoms with van der Waals surface area (Å²) in [7, 11) is 1.80. The maximum Gasteiger partial charge on any atom is 0.263 e. The summed E-state index contributed by atoms with van der Waals surface area (Å²) in [6, 6.07) is 8.35. The van der Waals surface area contributed by atoms with Crippen molar-refractivity contribution in [2.45, 2.75) is 33.0 Å². The van der Waals surface area contributed by atoms with Gasteiger partial charge in [0.05, 0.1) is 11.7 Å². The summed E-state index contributed by atoms with van der Waals surface area (Å²) in [5, 5.41) is 9.74. The molecule has 0 aliphatic heterocycles. The van der Waals surface area contributed by atoms with Gasteiger partial charge in [-0.1, -0.05) is 12.1 Å². The molecule has 0 aliphatic carbocycles. The molecule has 162 valence electrons. The Morgan fingerprint density at radius 1 is 1.19 bits per heavy atom. The highest BCUT2D eigenvalue weighted by Gasteiger charge is 2.17. The van der Waals surface area contributed by atoms with Gasteiger partial charge in [-0.25, -0.2) is 4.39 Å². The van der Waals surface area contributed by atoms with Crippen LogP contribution in [0, 0.1) is 12.7 Å². The van der Waals surface area contributed by atoms with Crippen LogP contribution < -0.4 is 16.2 Å². The number of nitrogens with one attached hydrogen (secondary N) is 2. The van der Waals surface area contributed by atoms with E-state index in [1.165, 1.54) is 35.0 Å². The van der Waals surface area contributed by atoms with Crippen LogP contribution in [0.2, 0.25) is 0 Å². The minimum absolute atomic E-state index is 0.0754. The van der Waals surface area contributed by atoms with Crippen molar-refractivity contribution in [3.8, 4) is 0 Å². The van der Waals surface area contributed by atoms with Gasteiger partial charge < -0.3 is 15.2 Å². The number of nitrogens with zero attached hydrogens (tertiary/aromatic N) is 3. The molecule has 0 saturated carbocycles. The van der Waals surface area contributed by atoms with Crippen LogP contribution in [0.15, 0.2) is 53.6 Å². The van der Waals surface area contributed by atoms with E-state index in [1.807, 2.05) is 20.0 Å². The third-order valence-corrected chi connectivity index (χ3v) is 4.84. The molecular formula is C22H24FN5O3. The monoisotopic (exact) mass is 425 g/mol. The minimum Gasteiger partial charge on any atom is -0.348 e. The number of aryl methyl sites for hydroxylation is 2. The molecule has 0 fully saturated rings. The average Bonchev–Trinajstić information content (AvgIpc) is 3.07. The first-order chi connectivity index (χ1) is 14.7. The smallest absolute Gasteiger partial charge is 0.263 e.